The van der Waals surface area contributed by atoms with Crippen molar-refractivity contribution in [1.29, 1.82) is 0 Å². The van der Waals surface area contributed by atoms with Crippen LogP contribution in [-0.4, -0.2) is 11.1 Å². The van der Waals surface area contributed by atoms with Crippen molar-refractivity contribution in [2.75, 3.05) is 0 Å². The highest BCUT2D eigenvalue weighted by Crippen LogP contribution is 2.41. The molecule has 1 saturated carbocycles. The first-order chi connectivity index (χ1) is 7.27. The van der Waals surface area contributed by atoms with Crippen molar-refractivity contribution >= 4 is 5.97 Å². The summed E-state index contributed by atoms with van der Waals surface area (Å²) in [6.45, 7) is 0. The molecule has 0 heterocycles. The number of carboxylic acid groups (broad SMARTS) is 1. The number of rotatable bonds is 3. The van der Waals surface area contributed by atoms with E-state index in [1.807, 2.05) is 18.2 Å². The quantitative estimate of drug-likeness (QED) is 0.821. The molecule has 2 nitrogen and oxygen atoms in total. The van der Waals surface area contributed by atoms with Crippen molar-refractivity contribution in [2.45, 2.75) is 31.6 Å². The molecule has 1 aliphatic carbocycles. The van der Waals surface area contributed by atoms with Gasteiger partial charge in [0.1, 0.15) is 0 Å². The zero-order valence-electron chi connectivity index (χ0n) is 8.73. The Morgan fingerprint density at radius 2 is 2.00 bits per heavy atom. The summed E-state index contributed by atoms with van der Waals surface area (Å²) in [6, 6.07) is 10.3. The van der Waals surface area contributed by atoms with Gasteiger partial charge in [-0.2, -0.15) is 0 Å². The van der Waals surface area contributed by atoms with E-state index in [4.69, 9.17) is 5.11 Å². The molecule has 2 rings (SSSR count). The highest BCUT2D eigenvalue weighted by molar-refractivity contribution is 5.67. The summed E-state index contributed by atoms with van der Waals surface area (Å²) in [7, 11) is 0. The molecule has 0 saturated heterocycles. The summed E-state index contributed by atoms with van der Waals surface area (Å²) in [5.74, 6) is 0.134. The van der Waals surface area contributed by atoms with Gasteiger partial charge in [-0.05, 0) is 30.2 Å². The maximum atomic E-state index is 10.7. The lowest BCUT2D eigenvalue weighted by molar-refractivity contribution is -0.138. The minimum atomic E-state index is -0.664. The van der Waals surface area contributed by atoms with Crippen molar-refractivity contribution in [2.24, 2.45) is 5.92 Å². The zero-order chi connectivity index (χ0) is 10.7. The standard InChI is InChI=1S/C13H16O2/c14-13(15)9-11-7-4-8-12(11)10-5-2-1-3-6-10/h1-3,5-6,11-12H,4,7-9H2,(H,14,15)/t11-,12-/m0/s1. The van der Waals surface area contributed by atoms with Gasteiger partial charge in [0, 0.05) is 6.42 Å². The molecule has 1 aromatic carbocycles. The van der Waals surface area contributed by atoms with E-state index < -0.39 is 5.97 Å². The Morgan fingerprint density at radius 3 is 2.67 bits per heavy atom. The molecule has 0 unspecified atom stereocenters. The van der Waals surface area contributed by atoms with Crippen LogP contribution in [0, 0.1) is 5.92 Å². The van der Waals surface area contributed by atoms with Crippen LogP contribution in [0.4, 0.5) is 0 Å². The van der Waals surface area contributed by atoms with Gasteiger partial charge in [0.25, 0.3) is 0 Å². The molecule has 15 heavy (non-hydrogen) atoms. The minimum absolute atomic E-state index is 0.319. The predicted octanol–water partition coefficient (Wildman–Crippen LogP) is 3.05. The van der Waals surface area contributed by atoms with E-state index in [1.54, 1.807) is 0 Å². The lowest BCUT2D eigenvalue weighted by Crippen LogP contribution is -2.11. The molecule has 0 aliphatic heterocycles. The Kier molecular flexibility index (Phi) is 3.05. The number of hydrogen-bond donors (Lipinski definition) is 1. The van der Waals surface area contributed by atoms with Crippen molar-refractivity contribution in [3.63, 3.8) is 0 Å². The molecule has 1 aromatic rings. The van der Waals surface area contributed by atoms with Crippen LogP contribution in [0.2, 0.25) is 0 Å². The van der Waals surface area contributed by atoms with Gasteiger partial charge in [-0.25, -0.2) is 0 Å². The second kappa shape index (κ2) is 4.47. The molecular weight excluding hydrogens is 188 g/mol. The summed E-state index contributed by atoms with van der Waals surface area (Å²) in [5.41, 5.74) is 1.31. The average Bonchev–Trinajstić information content (AvgIpc) is 2.66. The molecular formula is C13H16O2. The first-order valence-electron chi connectivity index (χ1n) is 5.54. The van der Waals surface area contributed by atoms with E-state index in [0.29, 0.717) is 18.3 Å². The summed E-state index contributed by atoms with van der Waals surface area (Å²) in [5, 5.41) is 8.84. The van der Waals surface area contributed by atoms with E-state index >= 15 is 0 Å². The molecule has 0 amide bonds. The Labute approximate surface area is 89.9 Å². The van der Waals surface area contributed by atoms with Crippen molar-refractivity contribution < 1.29 is 9.90 Å². The zero-order valence-corrected chi connectivity index (χ0v) is 8.73. The SMILES string of the molecule is O=C(O)C[C@@H]1CCC[C@H]1c1ccccc1. The minimum Gasteiger partial charge on any atom is -0.481 e. The fourth-order valence-electron chi connectivity index (χ4n) is 2.64. The van der Waals surface area contributed by atoms with Gasteiger partial charge < -0.3 is 5.11 Å². The number of aliphatic carboxylic acids is 1. The van der Waals surface area contributed by atoms with E-state index in [9.17, 15) is 4.79 Å². The molecule has 2 heteroatoms. The predicted molar refractivity (Wildman–Crippen MR) is 58.8 cm³/mol. The van der Waals surface area contributed by atoms with Gasteiger partial charge in [0.15, 0.2) is 0 Å². The summed E-state index contributed by atoms with van der Waals surface area (Å²) < 4.78 is 0. The second-order valence-corrected chi connectivity index (χ2v) is 4.31. The summed E-state index contributed by atoms with van der Waals surface area (Å²) in [4.78, 5) is 10.7. The molecule has 1 fully saturated rings. The molecule has 2 atom stereocenters. The molecule has 0 aromatic heterocycles. The van der Waals surface area contributed by atoms with Crippen LogP contribution in [0.5, 0.6) is 0 Å². The van der Waals surface area contributed by atoms with Crippen LogP contribution in [0.25, 0.3) is 0 Å². The van der Waals surface area contributed by atoms with E-state index in [2.05, 4.69) is 12.1 Å². The highest BCUT2D eigenvalue weighted by Gasteiger charge is 2.29. The van der Waals surface area contributed by atoms with Crippen LogP contribution < -0.4 is 0 Å². The first-order valence-corrected chi connectivity index (χ1v) is 5.54. The Bertz CT molecular complexity index is 332. The number of carbonyl (C=O) groups is 1. The molecule has 0 spiro atoms. The monoisotopic (exact) mass is 204 g/mol. The van der Waals surface area contributed by atoms with Gasteiger partial charge >= 0.3 is 5.97 Å². The summed E-state index contributed by atoms with van der Waals surface area (Å²) in [6.07, 6.45) is 3.69. The first kappa shape index (κ1) is 10.2. The van der Waals surface area contributed by atoms with Crippen molar-refractivity contribution in [3.05, 3.63) is 35.9 Å². The van der Waals surface area contributed by atoms with Gasteiger partial charge in [0.2, 0.25) is 0 Å². The fraction of sp³-hybridized carbons (Fsp3) is 0.462. The fourth-order valence-corrected chi connectivity index (χ4v) is 2.64. The Hall–Kier alpha value is -1.31. The normalized spacial score (nSPS) is 25.3. The van der Waals surface area contributed by atoms with Crippen molar-refractivity contribution in [3.8, 4) is 0 Å². The third-order valence-corrected chi connectivity index (χ3v) is 3.32. The molecule has 0 radical (unpaired) electrons. The second-order valence-electron chi connectivity index (χ2n) is 4.31. The largest absolute Gasteiger partial charge is 0.481 e. The average molecular weight is 204 g/mol. The van der Waals surface area contributed by atoms with Gasteiger partial charge in [0.05, 0.1) is 0 Å². The van der Waals surface area contributed by atoms with E-state index in [1.165, 1.54) is 5.56 Å². The smallest absolute Gasteiger partial charge is 0.303 e. The van der Waals surface area contributed by atoms with Crippen LogP contribution in [-0.2, 0) is 4.79 Å². The molecule has 80 valence electrons. The van der Waals surface area contributed by atoms with Gasteiger partial charge in [-0.3, -0.25) is 4.79 Å². The van der Waals surface area contributed by atoms with Crippen molar-refractivity contribution in [1.82, 2.24) is 0 Å². The van der Waals surface area contributed by atoms with Crippen LogP contribution in [0.3, 0.4) is 0 Å². The number of carboxylic acids is 1. The number of hydrogen-bond acceptors (Lipinski definition) is 1. The van der Waals surface area contributed by atoms with Gasteiger partial charge in [-0.15, -0.1) is 0 Å². The van der Waals surface area contributed by atoms with E-state index in [0.717, 1.165) is 19.3 Å². The summed E-state index contributed by atoms with van der Waals surface area (Å²) >= 11 is 0. The maximum Gasteiger partial charge on any atom is 0.303 e. The van der Waals surface area contributed by atoms with Crippen LogP contribution >= 0.6 is 0 Å². The molecule has 0 bridgehead atoms. The Morgan fingerprint density at radius 1 is 1.27 bits per heavy atom. The third kappa shape index (κ3) is 2.38. The number of benzene rings is 1. The Balaban J connectivity index is 2.11. The lowest BCUT2D eigenvalue weighted by Gasteiger charge is -2.17. The van der Waals surface area contributed by atoms with Crippen LogP contribution in [0.15, 0.2) is 30.3 Å². The van der Waals surface area contributed by atoms with E-state index in [-0.39, 0.29) is 0 Å². The lowest BCUT2D eigenvalue weighted by atomic mass is 9.87. The third-order valence-electron chi connectivity index (χ3n) is 3.32. The van der Waals surface area contributed by atoms with Crippen LogP contribution in [0.1, 0.15) is 37.2 Å². The van der Waals surface area contributed by atoms with Gasteiger partial charge in [-0.1, -0.05) is 36.8 Å². The topological polar surface area (TPSA) is 37.3 Å². The molecule has 1 N–H and O–H groups in total. The molecule has 1 aliphatic rings. The maximum absolute atomic E-state index is 10.7. The highest BCUT2D eigenvalue weighted by atomic mass is 16.4.